The highest BCUT2D eigenvalue weighted by Gasteiger charge is 2.27. The number of piperidine rings is 1. The number of hydrogen-bond donors (Lipinski definition) is 1. The van der Waals surface area contributed by atoms with E-state index in [2.05, 4.69) is 15.1 Å². The molecule has 0 spiro atoms. The number of aromatic nitrogens is 2. The quantitative estimate of drug-likeness (QED) is 0.812. The molecule has 2 aliphatic rings. The van der Waals surface area contributed by atoms with Gasteiger partial charge in [-0.1, -0.05) is 0 Å². The lowest BCUT2D eigenvalue weighted by atomic mass is 10.1. The summed E-state index contributed by atoms with van der Waals surface area (Å²) in [4.78, 5) is 31.6. The highest BCUT2D eigenvalue weighted by molar-refractivity contribution is 5.99. The number of aromatic amines is 1. The number of methoxy groups -OCH3 is 1. The second-order valence-electron chi connectivity index (χ2n) is 7.90. The third-order valence-corrected chi connectivity index (χ3v) is 5.98. The number of rotatable bonds is 5. The zero-order valence-corrected chi connectivity index (χ0v) is 17.5. The lowest BCUT2D eigenvalue weighted by molar-refractivity contribution is -0.133. The predicted octanol–water partition coefficient (Wildman–Crippen LogP) is 1.86. The zero-order valence-electron chi connectivity index (χ0n) is 17.5. The van der Waals surface area contributed by atoms with Gasteiger partial charge >= 0.3 is 0 Å². The van der Waals surface area contributed by atoms with Gasteiger partial charge in [0.05, 0.1) is 31.1 Å². The smallest absolute Gasteiger partial charge is 0.257 e. The van der Waals surface area contributed by atoms with Crippen LogP contribution >= 0.6 is 0 Å². The Bertz CT molecular complexity index is 865. The van der Waals surface area contributed by atoms with Gasteiger partial charge in [0.1, 0.15) is 5.75 Å². The highest BCUT2D eigenvalue weighted by Crippen LogP contribution is 2.25. The average Bonchev–Trinajstić information content (AvgIpc) is 3.29. The van der Waals surface area contributed by atoms with Gasteiger partial charge in [-0.05, 0) is 43.5 Å². The summed E-state index contributed by atoms with van der Waals surface area (Å²) in [6.45, 7) is 4.85. The summed E-state index contributed by atoms with van der Waals surface area (Å²) in [6.07, 6.45) is 5.02. The maximum absolute atomic E-state index is 13.1. The van der Waals surface area contributed by atoms with E-state index in [1.807, 2.05) is 34.1 Å². The lowest BCUT2D eigenvalue weighted by Gasteiger charge is -2.36. The number of nitrogens with one attached hydrogen (secondary N) is 1. The summed E-state index contributed by atoms with van der Waals surface area (Å²) in [7, 11) is 1.62. The van der Waals surface area contributed by atoms with E-state index in [0.29, 0.717) is 44.0 Å². The van der Waals surface area contributed by atoms with Gasteiger partial charge in [-0.25, -0.2) is 0 Å². The first-order valence-corrected chi connectivity index (χ1v) is 10.6. The Hall–Kier alpha value is -2.87. The SMILES string of the molecule is COc1ccc(-c2[nH]ncc2C(=O)N2CCN(CC(=O)N3CCCCC3)CC2)cc1. The zero-order chi connectivity index (χ0) is 20.9. The fourth-order valence-corrected chi connectivity index (χ4v) is 4.14. The molecule has 1 aromatic heterocycles. The van der Waals surface area contributed by atoms with E-state index in [9.17, 15) is 9.59 Å². The maximum atomic E-state index is 13.1. The number of carbonyl (C=O) groups excluding carboxylic acids is 2. The summed E-state index contributed by atoms with van der Waals surface area (Å²) in [5.74, 6) is 0.948. The van der Waals surface area contributed by atoms with Gasteiger partial charge in [0.15, 0.2) is 0 Å². The number of benzene rings is 1. The van der Waals surface area contributed by atoms with Gasteiger partial charge < -0.3 is 14.5 Å². The Morgan fingerprint density at radius 2 is 1.67 bits per heavy atom. The Morgan fingerprint density at radius 3 is 2.33 bits per heavy atom. The summed E-state index contributed by atoms with van der Waals surface area (Å²) < 4.78 is 5.20. The summed E-state index contributed by atoms with van der Waals surface area (Å²) in [5.41, 5.74) is 2.17. The van der Waals surface area contributed by atoms with Gasteiger partial charge in [-0.15, -0.1) is 0 Å². The van der Waals surface area contributed by atoms with Crippen molar-refractivity contribution in [2.24, 2.45) is 0 Å². The number of carbonyl (C=O) groups is 2. The van der Waals surface area contributed by atoms with Crippen LogP contribution in [-0.2, 0) is 4.79 Å². The molecule has 2 fully saturated rings. The van der Waals surface area contributed by atoms with Gasteiger partial charge in [0.2, 0.25) is 5.91 Å². The molecule has 2 saturated heterocycles. The molecule has 8 nitrogen and oxygen atoms in total. The largest absolute Gasteiger partial charge is 0.497 e. The van der Waals surface area contributed by atoms with Crippen LogP contribution in [-0.4, -0.2) is 89.6 Å². The van der Waals surface area contributed by atoms with Crippen LogP contribution in [0.25, 0.3) is 11.3 Å². The van der Waals surface area contributed by atoms with E-state index in [0.717, 1.165) is 37.2 Å². The molecule has 0 radical (unpaired) electrons. The molecule has 1 N–H and O–H groups in total. The van der Waals surface area contributed by atoms with Crippen molar-refractivity contribution in [2.75, 3.05) is 52.9 Å². The van der Waals surface area contributed by atoms with Gasteiger partial charge in [-0.3, -0.25) is 19.6 Å². The molecule has 0 bridgehead atoms. The van der Waals surface area contributed by atoms with Crippen molar-refractivity contribution in [3.05, 3.63) is 36.0 Å². The number of hydrogen-bond acceptors (Lipinski definition) is 5. The fourth-order valence-electron chi connectivity index (χ4n) is 4.14. The van der Waals surface area contributed by atoms with Crippen molar-refractivity contribution in [3.8, 4) is 17.0 Å². The van der Waals surface area contributed by atoms with Crippen LogP contribution in [0.15, 0.2) is 30.5 Å². The molecule has 8 heteroatoms. The van der Waals surface area contributed by atoms with Crippen LogP contribution in [0, 0.1) is 0 Å². The van der Waals surface area contributed by atoms with E-state index < -0.39 is 0 Å². The number of ether oxygens (including phenoxy) is 1. The average molecular weight is 412 g/mol. The molecule has 2 amide bonds. The normalized spacial score (nSPS) is 17.8. The third-order valence-electron chi connectivity index (χ3n) is 5.98. The van der Waals surface area contributed by atoms with Gasteiger partial charge in [0, 0.05) is 44.8 Å². The van der Waals surface area contributed by atoms with Crippen LogP contribution in [0.2, 0.25) is 0 Å². The van der Waals surface area contributed by atoms with Crippen LogP contribution in [0.1, 0.15) is 29.6 Å². The Balaban J connectivity index is 1.34. The summed E-state index contributed by atoms with van der Waals surface area (Å²) in [5, 5.41) is 7.05. The molecule has 0 saturated carbocycles. The molecule has 0 aliphatic carbocycles. The van der Waals surface area contributed by atoms with Crippen molar-refractivity contribution in [2.45, 2.75) is 19.3 Å². The Kier molecular flexibility index (Phi) is 6.32. The number of amides is 2. The van der Waals surface area contributed by atoms with Gasteiger partial charge in [0.25, 0.3) is 5.91 Å². The number of H-pyrrole nitrogens is 1. The van der Waals surface area contributed by atoms with E-state index in [4.69, 9.17) is 4.74 Å². The molecule has 160 valence electrons. The van der Waals surface area contributed by atoms with Crippen LogP contribution in [0.4, 0.5) is 0 Å². The molecule has 4 rings (SSSR count). The second-order valence-corrected chi connectivity index (χ2v) is 7.90. The van der Waals surface area contributed by atoms with Gasteiger partial charge in [-0.2, -0.15) is 5.10 Å². The molecule has 2 aliphatic heterocycles. The number of likely N-dealkylation sites (tertiary alicyclic amines) is 1. The maximum Gasteiger partial charge on any atom is 0.257 e. The lowest BCUT2D eigenvalue weighted by Crippen LogP contribution is -2.52. The molecular formula is C22H29N5O3. The molecule has 0 atom stereocenters. The van der Waals surface area contributed by atoms with Crippen molar-refractivity contribution in [1.29, 1.82) is 0 Å². The topological polar surface area (TPSA) is 81.8 Å². The molecule has 1 aromatic carbocycles. The summed E-state index contributed by atoms with van der Waals surface area (Å²) >= 11 is 0. The highest BCUT2D eigenvalue weighted by atomic mass is 16.5. The van der Waals surface area contributed by atoms with E-state index in [-0.39, 0.29) is 11.8 Å². The van der Waals surface area contributed by atoms with Crippen LogP contribution < -0.4 is 4.74 Å². The van der Waals surface area contributed by atoms with E-state index >= 15 is 0 Å². The van der Waals surface area contributed by atoms with Crippen LogP contribution in [0.5, 0.6) is 5.75 Å². The van der Waals surface area contributed by atoms with Crippen molar-refractivity contribution in [3.63, 3.8) is 0 Å². The number of nitrogens with zero attached hydrogens (tertiary/aromatic N) is 4. The minimum atomic E-state index is -0.0309. The van der Waals surface area contributed by atoms with Crippen molar-refractivity contribution >= 4 is 11.8 Å². The minimum absolute atomic E-state index is 0.0309. The Labute approximate surface area is 176 Å². The molecule has 30 heavy (non-hydrogen) atoms. The molecule has 3 heterocycles. The minimum Gasteiger partial charge on any atom is -0.497 e. The third kappa shape index (κ3) is 4.48. The molecule has 0 unspecified atom stereocenters. The Morgan fingerprint density at radius 1 is 0.967 bits per heavy atom. The predicted molar refractivity (Wildman–Crippen MR) is 113 cm³/mol. The fraction of sp³-hybridized carbons (Fsp3) is 0.500. The van der Waals surface area contributed by atoms with Crippen LogP contribution in [0.3, 0.4) is 0 Å². The monoisotopic (exact) mass is 411 g/mol. The number of piperazine rings is 1. The first-order chi connectivity index (χ1) is 14.7. The molecule has 2 aromatic rings. The van der Waals surface area contributed by atoms with Crippen molar-refractivity contribution < 1.29 is 14.3 Å². The second kappa shape index (κ2) is 9.30. The van der Waals surface area contributed by atoms with E-state index in [1.54, 1.807) is 13.3 Å². The van der Waals surface area contributed by atoms with E-state index in [1.165, 1.54) is 6.42 Å². The first kappa shape index (κ1) is 20.4. The van der Waals surface area contributed by atoms with Crippen molar-refractivity contribution in [1.82, 2.24) is 24.9 Å². The summed E-state index contributed by atoms with van der Waals surface area (Å²) in [6, 6.07) is 7.55. The molecular weight excluding hydrogens is 382 g/mol. The first-order valence-electron chi connectivity index (χ1n) is 10.6. The standard InChI is InChI=1S/C22H29N5O3/c1-30-18-7-5-17(6-8-18)21-19(15-23-24-21)22(29)27-13-11-25(12-14-27)16-20(28)26-9-3-2-4-10-26/h5-8,15H,2-4,9-14,16H2,1H3,(H,23,24).